The molecule has 0 aliphatic heterocycles. The van der Waals surface area contributed by atoms with Gasteiger partial charge in [0.15, 0.2) is 6.10 Å². The smallest absolute Gasteiger partial charge is 0.306 e. The van der Waals surface area contributed by atoms with Crippen LogP contribution in [0.5, 0.6) is 0 Å². The topological polar surface area (TPSA) is 61.8 Å². The quantitative estimate of drug-likeness (QED) is 0.0345. The van der Waals surface area contributed by atoms with E-state index in [4.69, 9.17) is 14.2 Å². The van der Waals surface area contributed by atoms with E-state index in [2.05, 4.69) is 69.4 Å². The van der Waals surface area contributed by atoms with Crippen molar-refractivity contribution in [2.24, 2.45) is 0 Å². The standard InChI is InChI=1S/C63H116O5/c1-4-7-10-13-16-19-22-25-28-31-32-34-35-38-41-44-47-50-53-56-62(64)67-60-61(59-66-58-55-52-49-46-43-40-37-30-27-24-21-18-15-12-9-6-3)68-63(65)57-54-51-48-45-42-39-36-33-29-26-23-20-17-14-11-8-5-2/h8,11,17,20,26,29,36,39,61H,4-7,9-10,12-16,18-19,21-25,27-28,30-35,37-38,40-60H2,1-3H3/b11-8-,20-17-,29-26-,39-36-/t61-/m1/s1. The Morgan fingerprint density at radius 3 is 1.06 bits per heavy atom. The van der Waals surface area contributed by atoms with Crippen LogP contribution in [-0.4, -0.2) is 37.9 Å². The number of allylic oxidation sites excluding steroid dienone is 8. The van der Waals surface area contributed by atoms with Crippen molar-refractivity contribution in [3.05, 3.63) is 48.6 Å². The van der Waals surface area contributed by atoms with Crippen molar-refractivity contribution in [2.75, 3.05) is 19.8 Å². The van der Waals surface area contributed by atoms with E-state index in [1.54, 1.807) is 0 Å². The van der Waals surface area contributed by atoms with Gasteiger partial charge in [-0.25, -0.2) is 0 Å². The average Bonchev–Trinajstić information content (AvgIpc) is 3.34. The molecule has 0 N–H and O–H groups in total. The average molecular weight is 954 g/mol. The fourth-order valence-electron chi connectivity index (χ4n) is 8.92. The van der Waals surface area contributed by atoms with Gasteiger partial charge in [-0.2, -0.15) is 0 Å². The number of ether oxygens (including phenoxy) is 3. The largest absolute Gasteiger partial charge is 0.462 e. The minimum absolute atomic E-state index is 0.0809. The SMILES string of the molecule is CC/C=C\C/C=C\C/C=C\C/C=C\CCCCCCC(=O)O[C@H](COCCCCCCCCCCCCCCCCCC)COC(=O)CCCCCCCCCCCCCCCCCCCCC. The van der Waals surface area contributed by atoms with Gasteiger partial charge in [0.25, 0.3) is 0 Å². The molecule has 0 aliphatic carbocycles. The van der Waals surface area contributed by atoms with Crippen LogP contribution in [0.1, 0.15) is 316 Å². The molecule has 0 amide bonds. The molecule has 0 unspecified atom stereocenters. The zero-order chi connectivity index (χ0) is 49.2. The lowest BCUT2D eigenvalue weighted by Gasteiger charge is -2.18. The number of hydrogen-bond donors (Lipinski definition) is 0. The lowest BCUT2D eigenvalue weighted by Crippen LogP contribution is -2.30. The summed E-state index contributed by atoms with van der Waals surface area (Å²) in [5.41, 5.74) is 0. The van der Waals surface area contributed by atoms with E-state index in [1.165, 1.54) is 205 Å². The van der Waals surface area contributed by atoms with Gasteiger partial charge in [0.05, 0.1) is 6.61 Å². The van der Waals surface area contributed by atoms with Crippen molar-refractivity contribution < 1.29 is 23.8 Å². The van der Waals surface area contributed by atoms with Crippen LogP contribution in [0.15, 0.2) is 48.6 Å². The molecule has 5 nitrogen and oxygen atoms in total. The first kappa shape index (κ1) is 65.9. The maximum atomic E-state index is 12.9. The predicted molar refractivity (Wildman–Crippen MR) is 298 cm³/mol. The first-order valence-corrected chi connectivity index (χ1v) is 30.2. The molecule has 0 saturated carbocycles. The monoisotopic (exact) mass is 953 g/mol. The van der Waals surface area contributed by atoms with E-state index in [0.29, 0.717) is 19.4 Å². The van der Waals surface area contributed by atoms with Crippen LogP contribution in [0.2, 0.25) is 0 Å². The second-order valence-electron chi connectivity index (χ2n) is 20.2. The van der Waals surface area contributed by atoms with Crippen LogP contribution in [0.3, 0.4) is 0 Å². The highest BCUT2D eigenvalue weighted by Crippen LogP contribution is 2.17. The van der Waals surface area contributed by atoms with Gasteiger partial charge in [-0.3, -0.25) is 9.59 Å². The van der Waals surface area contributed by atoms with Gasteiger partial charge in [-0.05, 0) is 57.8 Å². The van der Waals surface area contributed by atoms with E-state index in [9.17, 15) is 9.59 Å². The Bertz CT molecular complexity index is 1120. The van der Waals surface area contributed by atoms with Crippen molar-refractivity contribution >= 4 is 11.9 Å². The summed E-state index contributed by atoms with van der Waals surface area (Å²) in [5, 5.41) is 0. The van der Waals surface area contributed by atoms with Crippen LogP contribution in [0.25, 0.3) is 0 Å². The molecular formula is C63H116O5. The Kier molecular flexibility index (Phi) is 57.3. The van der Waals surface area contributed by atoms with Crippen molar-refractivity contribution in [3.63, 3.8) is 0 Å². The van der Waals surface area contributed by atoms with Crippen molar-refractivity contribution in [3.8, 4) is 0 Å². The number of unbranched alkanes of at least 4 members (excludes halogenated alkanes) is 37. The van der Waals surface area contributed by atoms with E-state index in [-0.39, 0.29) is 25.2 Å². The normalized spacial score (nSPS) is 12.5. The Morgan fingerprint density at radius 2 is 0.662 bits per heavy atom. The number of hydrogen-bond acceptors (Lipinski definition) is 5. The molecule has 0 aromatic rings. The van der Waals surface area contributed by atoms with Crippen molar-refractivity contribution in [1.29, 1.82) is 0 Å². The Hall–Kier alpha value is -2.14. The highest BCUT2D eigenvalue weighted by Gasteiger charge is 2.17. The van der Waals surface area contributed by atoms with Crippen LogP contribution >= 0.6 is 0 Å². The third-order valence-corrected chi connectivity index (χ3v) is 13.4. The Morgan fingerprint density at radius 1 is 0.338 bits per heavy atom. The molecule has 0 heterocycles. The summed E-state index contributed by atoms with van der Waals surface area (Å²) < 4.78 is 17.5. The summed E-state index contributed by atoms with van der Waals surface area (Å²) >= 11 is 0. The highest BCUT2D eigenvalue weighted by atomic mass is 16.6. The number of carbonyl (C=O) groups excluding carboxylic acids is 2. The summed E-state index contributed by atoms with van der Waals surface area (Å²) in [6.07, 6.45) is 74.3. The number of rotatable bonds is 56. The molecule has 0 aromatic heterocycles. The van der Waals surface area contributed by atoms with Gasteiger partial charge in [-0.15, -0.1) is 0 Å². The van der Waals surface area contributed by atoms with E-state index in [0.717, 1.165) is 77.0 Å². The van der Waals surface area contributed by atoms with Crippen LogP contribution < -0.4 is 0 Å². The molecule has 0 aliphatic rings. The number of carbonyl (C=O) groups is 2. The van der Waals surface area contributed by atoms with Gasteiger partial charge >= 0.3 is 11.9 Å². The molecule has 398 valence electrons. The van der Waals surface area contributed by atoms with E-state index < -0.39 is 6.10 Å². The maximum absolute atomic E-state index is 12.9. The molecule has 0 fully saturated rings. The van der Waals surface area contributed by atoms with Crippen molar-refractivity contribution in [1.82, 2.24) is 0 Å². The van der Waals surface area contributed by atoms with Crippen LogP contribution in [0.4, 0.5) is 0 Å². The van der Waals surface area contributed by atoms with Gasteiger partial charge in [0, 0.05) is 19.4 Å². The van der Waals surface area contributed by atoms with E-state index in [1.807, 2.05) is 0 Å². The lowest BCUT2D eigenvalue weighted by atomic mass is 10.0. The minimum Gasteiger partial charge on any atom is -0.462 e. The molecule has 0 rings (SSSR count). The van der Waals surface area contributed by atoms with Gasteiger partial charge in [-0.1, -0.05) is 294 Å². The fraction of sp³-hybridized carbons (Fsp3) is 0.841. The van der Waals surface area contributed by atoms with Gasteiger partial charge in [0.2, 0.25) is 0 Å². The second-order valence-corrected chi connectivity index (χ2v) is 20.2. The Labute approximate surface area is 424 Å². The summed E-state index contributed by atoms with van der Waals surface area (Å²) in [4.78, 5) is 25.6. The Balaban J connectivity index is 4.26. The molecule has 5 heteroatoms. The highest BCUT2D eigenvalue weighted by molar-refractivity contribution is 5.70. The van der Waals surface area contributed by atoms with E-state index >= 15 is 0 Å². The molecule has 0 saturated heterocycles. The fourth-order valence-corrected chi connectivity index (χ4v) is 8.92. The third kappa shape index (κ3) is 56.4. The molecule has 0 aromatic carbocycles. The molecule has 0 radical (unpaired) electrons. The minimum atomic E-state index is -0.546. The zero-order valence-corrected chi connectivity index (χ0v) is 45.9. The molecular weight excluding hydrogens is 837 g/mol. The first-order valence-electron chi connectivity index (χ1n) is 30.2. The molecule has 1 atom stereocenters. The van der Waals surface area contributed by atoms with Crippen LogP contribution in [-0.2, 0) is 23.8 Å². The summed E-state index contributed by atoms with van der Waals surface area (Å²) in [6, 6.07) is 0. The lowest BCUT2D eigenvalue weighted by molar-refractivity contribution is -0.163. The zero-order valence-electron chi connectivity index (χ0n) is 45.9. The third-order valence-electron chi connectivity index (χ3n) is 13.4. The summed E-state index contributed by atoms with van der Waals surface area (Å²) in [6.45, 7) is 7.76. The summed E-state index contributed by atoms with van der Waals surface area (Å²) in [7, 11) is 0. The number of esters is 2. The maximum Gasteiger partial charge on any atom is 0.306 e. The first-order chi connectivity index (χ1) is 33.6. The molecule has 0 spiro atoms. The van der Waals surface area contributed by atoms with Crippen LogP contribution in [0, 0.1) is 0 Å². The van der Waals surface area contributed by atoms with Crippen molar-refractivity contribution in [2.45, 2.75) is 322 Å². The van der Waals surface area contributed by atoms with Gasteiger partial charge in [0.1, 0.15) is 6.61 Å². The molecule has 68 heavy (non-hydrogen) atoms. The second kappa shape index (κ2) is 59.2. The summed E-state index contributed by atoms with van der Waals surface area (Å²) in [5.74, 6) is -0.404. The molecule has 0 bridgehead atoms. The predicted octanol–water partition coefficient (Wildman–Crippen LogP) is 20.7. The van der Waals surface area contributed by atoms with Gasteiger partial charge < -0.3 is 14.2 Å².